The fraction of sp³-hybridized carbons (Fsp3) is 0.684. The van der Waals surface area contributed by atoms with Gasteiger partial charge in [-0.1, -0.05) is 63.6 Å². The Bertz CT molecular complexity index is 351. The first-order valence-electron chi connectivity index (χ1n) is 8.59. The molecule has 0 aromatic heterocycles. The van der Waals surface area contributed by atoms with Crippen LogP contribution in [0.15, 0.2) is 30.3 Å². The van der Waals surface area contributed by atoms with Gasteiger partial charge in [-0.05, 0) is 37.3 Å². The quantitative estimate of drug-likeness (QED) is 0.592. The van der Waals surface area contributed by atoms with Gasteiger partial charge in [0.25, 0.3) is 0 Å². The van der Waals surface area contributed by atoms with Gasteiger partial charge in [-0.3, -0.25) is 0 Å². The highest BCUT2D eigenvalue weighted by molar-refractivity contribution is 5.45. The van der Waals surface area contributed by atoms with Crippen LogP contribution in [0, 0.1) is 11.8 Å². The van der Waals surface area contributed by atoms with Gasteiger partial charge in [0.15, 0.2) is 0 Å². The largest absolute Gasteiger partial charge is 0.372 e. The number of hydrogen-bond acceptors (Lipinski definition) is 1. The highest BCUT2D eigenvalue weighted by Gasteiger charge is 2.17. The van der Waals surface area contributed by atoms with Crippen LogP contribution in [0.5, 0.6) is 0 Å². The molecule has 0 N–H and O–H groups in total. The Morgan fingerprint density at radius 1 is 1.00 bits per heavy atom. The Labute approximate surface area is 125 Å². The molecule has 1 aliphatic carbocycles. The van der Waals surface area contributed by atoms with E-state index in [9.17, 15) is 0 Å². The van der Waals surface area contributed by atoms with Gasteiger partial charge >= 0.3 is 0 Å². The molecule has 1 aliphatic rings. The maximum atomic E-state index is 2.50. The van der Waals surface area contributed by atoms with Crippen LogP contribution in [-0.4, -0.2) is 13.1 Å². The van der Waals surface area contributed by atoms with Crippen LogP contribution in [0.1, 0.15) is 58.8 Å². The summed E-state index contributed by atoms with van der Waals surface area (Å²) < 4.78 is 0. The molecule has 0 aliphatic heterocycles. The summed E-state index contributed by atoms with van der Waals surface area (Å²) in [5.74, 6) is 2.01. The van der Waals surface area contributed by atoms with E-state index in [1.165, 1.54) is 57.2 Å². The molecule has 1 aromatic carbocycles. The van der Waals surface area contributed by atoms with Crippen LogP contribution in [0.4, 0.5) is 5.69 Å². The van der Waals surface area contributed by atoms with Crippen molar-refractivity contribution in [2.75, 3.05) is 18.0 Å². The molecule has 1 saturated carbocycles. The average Bonchev–Trinajstić information content (AvgIpc) is 2.50. The zero-order valence-electron chi connectivity index (χ0n) is 13.4. The minimum atomic E-state index is 0.986. The third kappa shape index (κ3) is 4.85. The maximum Gasteiger partial charge on any atom is 0.0366 e. The van der Waals surface area contributed by atoms with Crippen molar-refractivity contribution in [1.82, 2.24) is 0 Å². The number of rotatable bonds is 7. The van der Waals surface area contributed by atoms with Gasteiger partial charge in [-0.15, -0.1) is 0 Å². The van der Waals surface area contributed by atoms with Crippen LogP contribution in [0.25, 0.3) is 0 Å². The third-order valence-corrected chi connectivity index (χ3v) is 4.93. The molecule has 0 atom stereocenters. The van der Waals surface area contributed by atoms with Crippen molar-refractivity contribution in [3.63, 3.8) is 0 Å². The SMILES string of the molecule is CCN(CCCCC1CCC(C)CC1)c1ccccc1. The highest BCUT2D eigenvalue weighted by atomic mass is 15.1. The lowest BCUT2D eigenvalue weighted by atomic mass is 9.81. The highest BCUT2D eigenvalue weighted by Crippen LogP contribution is 2.31. The van der Waals surface area contributed by atoms with Crippen LogP contribution < -0.4 is 4.90 Å². The fourth-order valence-corrected chi connectivity index (χ4v) is 3.46. The molecule has 1 nitrogen and oxygen atoms in total. The molecule has 0 spiro atoms. The minimum Gasteiger partial charge on any atom is -0.372 e. The van der Waals surface area contributed by atoms with Gasteiger partial charge in [0, 0.05) is 18.8 Å². The van der Waals surface area contributed by atoms with Crippen molar-refractivity contribution in [1.29, 1.82) is 0 Å². The molecule has 2 rings (SSSR count). The number of benzene rings is 1. The number of hydrogen-bond donors (Lipinski definition) is 0. The van der Waals surface area contributed by atoms with Crippen molar-refractivity contribution >= 4 is 5.69 Å². The second kappa shape index (κ2) is 8.34. The predicted octanol–water partition coefficient (Wildman–Crippen LogP) is 5.51. The number of anilines is 1. The number of unbranched alkanes of at least 4 members (excludes halogenated alkanes) is 1. The van der Waals surface area contributed by atoms with Crippen molar-refractivity contribution in [2.24, 2.45) is 11.8 Å². The first-order valence-corrected chi connectivity index (χ1v) is 8.59. The lowest BCUT2D eigenvalue weighted by Crippen LogP contribution is -2.24. The van der Waals surface area contributed by atoms with Crippen molar-refractivity contribution in [3.8, 4) is 0 Å². The third-order valence-electron chi connectivity index (χ3n) is 4.93. The first kappa shape index (κ1) is 15.4. The van der Waals surface area contributed by atoms with Gasteiger partial charge in [-0.2, -0.15) is 0 Å². The molecule has 1 heteroatoms. The molecule has 0 heterocycles. The second-order valence-electron chi connectivity index (χ2n) is 6.54. The first-order chi connectivity index (χ1) is 9.79. The smallest absolute Gasteiger partial charge is 0.0366 e. The Morgan fingerprint density at radius 3 is 2.35 bits per heavy atom. The van der Waals surface area contributed by atoms with Gasteiger partial charge < -0.3 is 4.90 Å². The predicted molar refractivity (Wildman–Crippen MR) is 89.3 cm³/mol. The minimum absolute atomic E-state index is 0.986. The monoisotopic (exact) mass is 273 g/mol. The molecule has 0 radical (unpaired) electrons. The van der Waals surface area contributed by atoms with E-state index >= 15 is 0 Å². The molecular formula is C19H31N. The van der Waals surface area contributed by atoms with Crippen molar-refractivity contribution in [2.45, 2.75) is 58.8 Å². The fourth-order valence-electron chi connectivity index (χ4n) is 3.46. The van der Waals surface area contributed by atoms with Gasteiger partial charge in [0.05, 0.1) is 0 Å². The topological polar surface area (TPSA) is 3.24 Å². The van der Waals surface area contributed by atoms with E-state index in [0.717, 1.165) is 18.4 Å². The molecule has 0 unspecified atom stereocenters. The summed E-state index contributed by atoms with van der Waals surface area (Å²) in [5.41, 5.74) is 1.38. The summed E-state index contributed by atoms with van der Waals surface area (Å²) in [6.07, 6.45) is 10.1. The molecule has 0 bridgehead atoms. The van der Waals surface area contributed by atoms with E-state index < -0.39 is 0 Å². The summed E-state index contributed by atoms with van der Waals surface area (Å²) in [5, 5.41) is 0. The Morgan fingerprint density at radius 2 is 1.70 bits per heavy atom. The van der Waals surface area contributed by atoms with Crippen LogP contribution in [0.2, 0.25) is 0 Å². The lowest BCUT2D eigenvalue weighted by Gasteiger charge is -2.27. The van der Waals surface area contributed by atoms with E-state index in [2.05, 4.69) is 49.1 Å². The maximum absolute atomic E-state index is 2.50. The molecule has 1 fully saturated rings. The van der Waals surface area contributed by atoms with Crippen LogP contribution >= 0.6 is 0 Å². The Kier molecular flexibility index (Phi) is 6.42. The van der Waals surface area contributed by atoms with Crippen molar-refractivity contribution in [3.05, 3.63) is 30.3 Å². The normalized spacial score (nSPS) is 22.7. The van der Waals surface area contributed by atoms with E-state index in [1.54, 1.807) is 0 Å². The Balaban J connectivity index is 1.64. The van der Waals surface area contributed by atoms with E-state index in [4.69, 9.17) is 0 Å². The number of nitrogens with zero attached hydrogens (tertiary/aromatic N) is 1. The van der Waals surface area contributed by atoms with Gasteiger partial charge in [0.1, 0.15) is 0 Å². The van der Waals surface area contributed by atoms with Crippen LogP contribution in [-0.2, 0) is 0 Å². The zero-order valence-corrected chi connectivity index (χ0v) is 13.4. The van der Waals surface area contributed by atoms with Gasteiger partial charge in [-0.25, -0.2) is 0 Å². The molecule has 20 heavy (non-hydrogen) atoms. The molecule has 0 saturated heterocycles. The van der Waals surface area contributed by atoms with Gasteiger partial charge in [0.2, 0.25) is 0 Å². The standard InChI is InChI=1S/C19H31N/c1-3-20(19-10-5-4-6-11-19)16-8-7-9-18-14-12-17(2)13-15-18/h4-6,10-11,17-18H,3,7-9,12-16H2,1-2H3. The van der Waals surface area contributed by atoms with Crippen molar-refractivity contribution < 1.29 is 0 Å². The molecular weight excluding hydrogens is 242 g/mol. The summed E-state index contributed by atoms with van der Waals surface area (Å²) in [6.45, 7) is 7.00. The molecule has 1 aromatic rings. The van der Waals surface area contributed by atoms with Crippen LogP contribution in [0.3, 0.4) is 0 Å². The summed E-state index contributed by atoms with van der Waals surface area (Å²) in [4.78, 5) is 2.50. The van der Waals surface area contributed by atoms with E-state index in [1.807, 2.05) is 0 Å². The summed E-state index contributed by atoms with van der Waals surface area (Å²) >= 11 is 0. The number of para-hydroxylation sites is 1. The van der Waals surface area contributed by atoms with E-state index in [0.29, 0.717) is 0 Å². The zero-order chi connectivity index (χ0) is 14.2. The summed E-state index contributed by atoms with van der Waals surface area (Å²) in [6, 6.07) is 10.8. The lowest BCUT2D eigenvalue weighted by molar-refractivity contribution is 0.272. The second-order valence-corrected chi connectivity index (χ2v) is 6.54. The molecule has 0 amide bonds. The molecule has 112 valence electrons. The average molecular weight is 273 g/mol. The summed E-state index contributed by atoms with van der Waals surface area (Å²) in [7, 11) is 0. The Hall–Kier alpha value is -0.980. The van der Waals surface area contributed by atoms with E-state index in [-0.39, 0.29) is 0 Å².